The number of methoxy groups -OCH3 is 1. The van der Waals surface area contributed by atoms with Crippen LogP contribution in [-0.4, -0.2) is 81.9 Å². The molecule has 2 unspecified atom stereocenters. The molecule has 0 amide bonds. The van der Waals surface area contributed by atoms with Gasteiger partial charge in [0.2, 0.25) is 0 Å². The highest BCUT2D eigenvalue weighted by Crippen LogP contribution is 2.30. The van der Waals surface area contributed by atoms with Gasteiger partial charge in [-0.25, -0.2) is 8.42 Å². The van der Waals surface area contributed by atoms with Crippen molar-refractivity contribution >= 4 is 45.9 Å². The quantitative estimate of drug-likeness (QED) is 0.244. The van der Waals surface area contributed by atoms with Crippen LogP contribution in [0.4, 0.5) is 13.2 Å². The molecule has 0 aromatic carbocycles. The van der Waals surface area contributed by atoms with E-state index in [1.165, 1.54) is 7.11 Å². The number of carbonyl (C=O) groups is 1. The summed E-state index contributed by atoms with van der Waals surface area (Å²) in [5, 5.41) is 3.20. The van der Waals surface area contributed by atoms with Gasteiger partial charge in [-0.2, -0.15) is 17.5 Å². The Morgan fingerprint density at radius 1 is 1.24 bits per heavy atom. The monoisotopic (exact) mass is 556 g/mol. The van der Waals surface area contributed by atoms with Crippen LogP contribution in [0.3, 0.4) is 0 Å². The number of hydrogen-bond donors (Lipinski definition) is 1. The Bertz CT molecular complexity index is 697. The molecule has 8 nitrogen and oxygen atoms in total. The van der Waals surface area contributed by atoms with E-state index in [2.05, 4.69) is 10.3 Å². The first-order valence-corrected chi connectivity index (χ1v) is 10.5. The lowest BCUT2D eigenvalue weighted by atomic mass is 9.98. The summed E-state index contributed by atoms with van der Waals surface area (Å²) in [7, 11) is -2.28. The number of esters is 1. The van der Waals surface area contributed by atoms with E-state index in [1.54, 1.807) is 7.05 Å². The number of carbonyl (C=O) groups excluding carboxylic acids is 1. The Kier molecular flexibility index (Phi) is 9.46. The highest BCUT2D eigenvalue weighted by atomic mass is 127. The fraction of sp³-hybridized carbons (Fsp3) is 0.875. The van der Waals surface area contributed by atoms with E-state index in [0.29, 0.717) is 42.7 Å². The molecule has 0 aliphatic carbocycles. The van der Waals surface area contributed by atoms with Crippen LogP contribution < -0.4 is 5.32 Å². The molecule has 0 radical (unpaired) electrons. The van der Waals surface area contributed by atoms with Crippen molar-refractivity contribution in [3.8, 4) is 0 Å². The van der Waals surface area contributed by atoms with E-state index >= 15 is 0 Å². The van der Waals surface area contributed by atoms with Crippen molar-refractivity contribution in [3.63, 3.8) is 0 Å². The molecule has 0 spiro atoms. The summed E-state index contributed by atoms with van der Waals surface area (Å²) in [4.78, 5) is 18.0. The molecule has 2 rings (SSSR count). The van der Waals surface area contributed by atoms with Gasteiger partial charge < -0.3 is 15.0 Å². The van der Waals surface area contributed by atoms with Gasteiger partial charge in [0.15, 0.2) is 5.96 Å². The van der Waals surface area contributed by atoms with Gasteiger partial charge in [-0.15, -0.1) is 24.0 Å². The molecule has 29 heavy (non-hydrogen) atoms. The lowest BCUT2D eigenvalue weighted by molar-refractivity contribution is -0.146. The van der Waals surface area contributed by atoms with Crippen LogP contribution in [0.25, 0.3) is 0 Å². The van der Waals surface area contributed by atoms with E-state index in [4.69, 9.17) is 4.74 Å². The van der Waals surface area contributed by atoms with E-state index in [-0.39, 0.29) is 60.8 Å². The number of nitrogens with one attached hydrogen (secondary N) is 1. The molecular weight excluding hydrogens is 528 g/mol. The summed E-state index contributed by atoms with van der Waals surface area (Å²) < 4.78 is 66.2. The van der Waals surface area contributed by atoms with Crippen LogP contribution in [0.1, 0.15) is 19.8 Å². The van der Waals surface area contributed by atoms with E-state index in [1.807, 2.05) is 11.8 Å². The molecule has 2 fully saturated rings. The molecule has 2 saturated heterocycles. The Labute approximate surface area is 186 Å². The van der Waals surface area contributed by atoms with Crippen LogP contribution >= 0.6 is 24.0 Å². The predicted molar refractivity (Wildman–Crippen MR) is 112 cm³/mol. The van der Waals surface area contributed by atoms with Crippen molar-refractivity contribution in [3.05, 3.63) is 0 Å². The highest BCUT2D eigenvalue weighted by Gasteiger charge is 2.50. The van der Waals surface area contributed by atoms with Gasteiger partial charge in [0.25, 0.3) is 0 Å². The zero-order valence-electron chi connectivity index (χ0n) is 16.6. The summed E-state index contributed by atoms with van der Waals surface area (Å²) in [5.74, 6) is 0.265. The van der Waals surface area contributed by atoms with Gasteiger partial charge in [-0.1, -0.05) is 6.92 Å². The first kappa shape index (κ1) is 26.2. The van der Waals surface area contributed by atoms with Gasteiger partial charge in [-0.05, 0) is 24.7 Å². The molecule has 2 aliphatic rings. The number of likely N-dealkylation sites (tertiary alicyclic amines) is 1. The summed E-state index contributed by atoms with van der Waals surface area (Å²) in [6.45, 7) is 3.25. The van der Waals surface area contributed by atoms with Crippen LogP contribution in [-0.2, 0) is 19.6 Å². The second kappa shape index (κ2) is 10.5. The fourth-order valence-corrected chi connectivity index (χ4v) is 4.65. The molecule has 2 aliphatic heterocycles. The van der Waals surface area contributed by atoms with E-state index in [0.717, 1.165) is 0 Å². The number of alkyl halides is 3. The number of sulfonamides is 1. The summed E-state index contributed by atoms with van der Waals surface area (Å²) >= 11 is 0. The Balaban J connectivity index is 0.00000420. The molecule has 0 bridgehead atoms. The number of aliphatic imine (C=N–C) groups is 1. The lowest BCUT2D eigenvalue weighted by Gasteiger charge is -2.32. The predicted octanol–water partition coefficient (Wildman–Crippen LogP) is 1.48. The van der Waals surface area contributed by atoms with E-state index in [9.17, 15) is 26.4 Å². The van der Waals surface area contributed by atoms with Crippen LogP contribution in [0.5, 0.6) is 0 Å². The van der Waals surface area contributed by atoms with Gasteiger partial charge in [0, 0.05) is 39.8 Å². The molecule has 0 aromatic heterocycles. The molecule has 13 heteroatoms. The molecule has 2 heterocycles. The Morgan fingerprint density at radius 3 is 2.31 bits per heavy atom. The first-order chi connectivity index (χ1) is 13.0. The fourth-order valence-electron chi connectivity index (χ4n) is 3.67. The standard InChI is InChI=1S/C16H27F3N4O4S.HI/c1-11-9-22(10-13(11)14(24)27-3)15(20-2)21-8-12-4-6-23(7-5-12)28(25,26)16(17,18)19;/h11-13H,4-10H2,1-3H3,(H,20,21);1H. The van der Waals surface area contributed by atoms with Gasteiger partial charge in [0.1, 0.15) is 0 Å². The molecule has 0 saturated carbocycles. The third-order valence-electron chi connectivity index (χ3n) is 5.38. The summed E-state index contributed by atoms with van der Waals surface area (Å²) in [6, 6.07) is 0. The minimum atomic E-state index is -5.26. The third-order valence-corrected chi connectivity index (χ3v) is 7.01. The minimum absolute atomic E-state index is 0. The smallest absolute Gasteiger partial charge is 0.469 e. The molecule has 170 valence electrons. The number of hydrogen-bond acceptors (Lipinski definition) is 5. The van der Waals surface area contributed by atoms with Gasteiger partial charge in [0.05, 0.1) is 13.0 Å². The number of rotatable bonds is 4. The normalized spacial score (nSPS) is 24.9. The Morgan fingerprint density at radius 2 is 1.83 bits per heavy atom. The minimum Gasteiger partial charge on any atom is -0.469 e. The van der Waals surface area contributed by atoms with Crippen molar-refractivity contribution in [2.45, 2.75) is 25.3 Å². The summed E-state index contributed by atoms with van der Waals surface area (Å²) in [5.41, 5.74) is -5.26. The first-order valence-electron chi connectivity index (χ1n) is 9.11. The second-order valence-electron chi connectivity index (χ2n) is 7.23. The topological polar surface area (TPSA) is 91.3 Å². The molecular formula is C16H28F3IN4O4S. The number of ether oxygens (including phenoxy) is 1. The van der Waals surface area contributed by atoms with Crippen molar-refractivity contribution in [2.75, 3.05) is 46.9 Å². The Hall–Kier alpha value is -0.830. The average Bonchev–Trinajstić information content (AvgIpc) is 3.02. The number of halogens is 4. The molecule has 0 aromatic rings. The maximum absolute atomic E-state index is 12.6. The molecule has 1 N–H and O–H groups in total. The van der Waals surface area contributed by atoms with Gasteiger partial charge in [-0.3, -0.25) is 9.79 Å². The number of guanidine groups is 1. The van der Waals surface area contributed by atoms with Crippen LogP contribution in [0.15, 0.2) is 4.99 Å². The average molecular weight is 556 g/mol. The van der Waals surface area contributed by atoms with Crippen LogP contribution in [0, 0.1) is 17.8 Å². The second-order valence-corrected chi connectivity index (χ2v) is 9.16. The zero-order chi connectivity index (χ0) is 21.1. The van der Waals surface area contributed by atoms with Crippen molar-refractivity contribution in [1.82, 2.24) is 14.5 Å². The number of nitrogens with zero attached hydrogens (tertiary/aromatic N) is 3. The van der Waals surface area contributed by atoms with E-state index < -0.39 is 15.5 Å². The van der Waals surface area contributed by atoms with Crippen molar-refractivity contribution < 1.29 is 31.1 Å². The summed E-state index contributed by atoms with van der Waals surface area (Å²) in [6.07, 6.45) is 0.668. The zero-order valence-corrected chi connectivity index (χ0v) is 19.8. The molecule has 2 atom stereocenters. The highest BCUT2D eigenvalue weighted by molar-refractivity contribution is 14.0. The van der Waals surface area contributed by atoms with Crippen LogP contribution in [0.2, 0.25) is 0 Å². The largest absolute Gasteiger partial charge is 0.511 e. The van der Waals surface area contributed by atoms with Crippen molar-refractivity contribution in [2.24, 2.45) is 22.7 Å². The lowest BCUT2D eigenvalue weighted by Crippen LogP contribution is -2.47. The third kappa shape index (κ3) is 6.09. The SMILES string of the molecule is CN=C(NCC1CCN(S(=O)(=O)C(F)(F)F)CC1)N1CC(C)C(C(=O)OC)C1.I. The maximum atomic E-state index is 12.6. The van der Waals surface area contributed by atoms with Gasteiger partial charge >= 0.3 is 21.5 Å². The maximum Gasteiger partial charge on any atom is 0.511 e. The number of piperidine rings is 1. The van der Waals surface area contributed by atoms with Crippen molar-refractivity contribution in [1.29, 1.82) is 0 Å².